The molecule has 34 heavy (non-hydrogen) atoms. The molecule has 1 atom stereocenters. The number of hydrogen-bond acceptors (Lipinski definition) is 8. The van der Waals surface area contributed by atoms with Crippen LogP contribution in [0.15, 0.2) is 59.1 Å². The van der Waals surface area contributed by atoms with E-state index in [0.717, 1.165) is 11.3 Å². The van der Waals surface area contributed by atoms with E-state index in [0.29, 0.717) is 27.6 Å². The largest absolute Gasteiger partial charge is 0.493 e. The molecule has 0 aliphatic rings. The van der Waals surface area contributed by atoms with Crippen molar-refractivity contribution >= 4 is 34.1 Å². The number of para-hydroxylation sites is 2. The molecule has 10 heteroatoms. The van der Waals surface area contributed by atoms with E-state index in [1.54, 1.807) is 7.11 Å². The minimum Gasteiger partial charge on any atom is -0.493 e. The molecule has 2 aromatic heterocycles. The summed E-state index contributed by atoms with van der Waals surface area (Å²) in [7, 11) is 3.45. The fourth-order valence-corrected chi connectivity index (χ4v) is 4.69. The van der Waals surface area contributed by atoms with E-state index in [2.05, 4.69) is 20.5 Å². The van der Waals surface area contributed by atoms with E-state index >= 15 is 0 Å². The van der Waals surface area contributed by atoms with Gasteiger partial charge in [0.05, 0.1) is 18.6 Å². The zero-order valence-corrected chi connectivity index (χ0v) is 20.9. The van der Waals surface area contributed by atoms with Crippen LogP contribution < -0.4 is 14.8 Å². The standard InChI is InChI=1S/C24H25N5O3S2/c1-15-9-11-17(12-10-15)18-13-33-23(25-18)26-21(30)14-34-24-28-27-22(29(24)3)16(2)32-20-8-6-5-7-19(20)31-4/h5-13,16H,14H2,1-4H3,(H,25,26,30). The van der Waals surface area contributed by atoms with Crippen LogP contribution in [-0.2, 0) is 11.8 Å². The monoisotopic (exact) mass is 495 g/mol. The minimum absolute atomic E-state index is 0.155. The lowest BCUT2D eigenvalue weighted by molar-refractivity contribution is -0.113. The second-order valence-electron chi connectivity index (χ2n) is 7.55. The van der Waals surface area contributed by atoms with Gasteiger partial charge in [0.1, 0.15) is 0 Å². The highest BCUT2D eigenvalue weighted by Gasteiger charge is 2.19. The number of aromatic nitrogens is 4. The third kappa shape index (κ3) is 5.57. The van der Waals surface area contributed by atoms with Gasteiger partial charge >= 0.3 is 0 Å². The lowest BCUT2D eigenvalue weighted by atomic mass is 10.1. The zero-order chi connectivity index (χ0) is 24.1. The van der Waals surface area contributed by atoms with Gasteiger partial charge in [-0.2, -0.15) is 0 Å². The van der Waals surface area contributed by atoms with Crippen LogP contribution in [0, 0.1) is 6.92 Å². The number of rotatable bonds is 9. The Kier molecular flexibility index (Phi) is 7.49. The Hall–Kier alpha value is -3.37. The van der Waals surface area contributed by atoms with Crippen molar-refractivity contribution in [2.45, 2.75) is 25.1 Å². The number of nitrogens with one attached hydrogen (secondary N) is 1. The highest BCUT2D eigenvalue weighted by molar-refractivity contribution is 7.99. The van der Waals surface area contributed by atoms with Crippen LogP contribution in [0.25, 0.3) is 11.3 Å². The van der Waals surface area contributed by atoms with Gasteiger partial charge < -0.3 is 19.4 Å². The first-order chi connectivity index (χ1) is 16.4. The predicted molar refractivity (Wildman–Crippen MR) is 135 cm³/mol. The molecule has 0 fully saturated rings. The quantitative estimate of drug-likeness (QED) is 0.322. The molecule has 0 aliphatic carbocycles. The molecule has 0 aliphatic heterocycles. The summed E-state index contributed by atoms with van der Waals surface area (Å²) < 4.78 is 13.2. The molecule has 8 nitrogen and oxygen atoms in total. The number of carbonyl (C=O) groups is 1. The van der Waals surface area contributed by atoms with Crippen LogP contribution in [-0.4, -0.2) is 38.5 Å². The van der Waals surface area contributed by atoms with Crippen molar-refractivity contribution < 1.29 is 14.3 Å². The molecule has 2 aromatic carbocycles. The smallest absolute Gasteiger partial charge is 0.236 e. The number of carbonyl (C=O) groups excluding carboxylic acids is 1. The van der Waals surface area contributed by atoms with Gasteiger partial charge in [0.25, 0.3) is 0 Å². The van der Waals surface area contributed by atoms with Gasteiger partial charge in [0.2, 0.25) is 5.91 Å². The van der Waals surface area contributed by atoms with Crippen LogP contribution in [0.3, 0.4) is 0 Å². The summed E-state index contributed by atoms with van der Waals surface area (Å²) in [4.78, 5) is 17.0. The van der Waals surface area contributed by atoms with Crippen LogP contribution in [0.2, 0.25) is 0 Å². The topological polar surface area (TPSA) is 91.2 Å². The van der Waals surface area contributed by atoms with Gasteiger partial charge in [0.15, 0.2) is 33.7 Å². The number of methoxy groups -OCH3 is 1. The third-order valence-corrected chi connectivity index (χ3v) is 6.81. The Morgan fingerprint density at radius 2 is 1.88 bits per heavy atom. The van der Waals surface area contributed by atoms with Crippen molar-refractivity contribution in [3.63, 3.8) is 0 Å². The Labute approximate surface area is 206 Å². The number of nitrogens with zero attached hydrogens (tertiary/aromatic N) is 4. The van der Waals surface area contributed by atoms with Crippen LogP contribution >= 0.6 is 23.1 Å². The Bertz CT molecular complexity index is 1270. The normalized spacial score (nSPS) is 11.8. The molecule has 1 N–H and O–H groups in total. The van der Waals surface area contributed by atoms with Crippen molar-refractivity contribution in [3.8, 4) is 22.8 Å². The maximum atomic E-state index is 12.5. The third-order valence-electron chi connectivity index (χ3n) is 5.04. The van der Waals surface area contributed by atoms with Crippen molar-refractivity contribution in [2.75, 3.05) is 18.2 Å². The van der Waals surface area contributed by atoms with Crippen molar-refractivity contribution in [1.29, 1.82) is 0 Å². The average molecular weight is 496 g/mol. The zero-order valence-electron chi connectivity index (χ0n) is 19.3. The number of ether oxygens (including phenoxy) is 2. The Morgan fingerprint density at radius 3 is 2.62 bits per heavy atom. The summed E-state index contributed by atoms with van der Waals surface area (Å²) in [6.07, 6.45) is -0.354. The average Bonchev–Trinajstić information content (AvgIpc) is 3.45. The van der Waals surface area contributed by atoms with Gasteiger partial charge in [-0.3, -0.25) is 4.79 Å². The second kappa shape index (κ2) is 10.7. The maximum absolute atomic E-state index is 12.5. The number of thioether (sulfide) groups is 1. The van der Waals surface area contributed by atoms with Crippen LogP contribution in [0.1, 0.15) is 24.4 Å². The van der Waals surface area contributed by atoms with Crippen molar-refractivity contribution in [3.05, 3.63) is 65.3 Å². The van der Waals surface area contributed by atoms with Crippen LogP contribution in [0.4, 0.5) is 5.13 Å². The first kappa shape index (κ1) is 23.8. The summed E-state index contributed by atoms with van der Waals surface area (Å²) in [6, 6.07) is 15.6. The Balaban J connectivity index is 1.33. The SMILES string of the molecule is COc1ccccc1OC(C)c1nnc(SCC(=O)Nc2nc(-c3ccc(C)cc3)cs2)n1C. The van der Waals surface area contributed by atoms with Crippen molar-refractivity contribution in [1.82, 2.24) is 19.7 Å². The number of benzene rings is 2. The van der Waals surface area contributed by atoms with E-state index in [1.165, 1.54) is 28.7 Å². The molecule has 4 aromatic rings. The van der Waals surface area contributed by atoms with E-state index in [4.69, 9.17) is 9.47 Å². The molecule has 1 unspecified atom stereocenters. The van der Waals surface area contributed by atoms with Gasteiger partial charge in [-0.15, -0.1) is 21.5 Å². The highest BCUT2D eigenvalue weighted by atomic mass is 32.2. The van der Waals surface area contributed by atoms with Crippen molar-refractivity contribution in [2.24, 2.45) is 7.05 Å². The number of hydrogen-bond donors (Lipinski definition) is 1. The number of anilines is 1. The maximum Gasteiger partial charge on any atom is 0.236 e. The van der Waals surface area contributed by atoms with Gasteiger partial charge in [-0.25, -0.2) is 4.98 Å². The summed E-state index contributed by atoms with van der Waals surface area (Å²) >= 11 is 2.71. The lowest BCUT2D eigenvalue weighted by Gasteiger charge is -2.16. The number of thiazole rings is 1. The predicted octanol–water partition coefficient (Wildman–Crippen LogP) is 5.13. The van der Waals surface area contributed by atoms with E-state index < -0.39 is 0 Å². The van der Waals surface area contributed by atoms with Crippen LogP contribution in [0.5, 0.6) is 11.5 Å². The Morgan fingerprint density at radius 1 is 1.15 bits per heavy atom. The van der Waals surface area contributed by atoms with E-state index in [1.807, 2.05) is 79.4 Å². The molecular formula is C24H25N5O3S2. The van der Waals surface area contributed by atoms with Gasteiger partial charge in [-0.1, -0.05) is 53.7 Å². The summed E-state index contributed by atoms with van der Waals surface area (Å²) in [5.74, 6) is 1.96. The molecule has 0 saturated carbocycles. The number of amides is 1. The fourth-order valence-electron chi connectivity index (χ4n) is 3.24. The first-order valence-corrected chi connectivity index (χ1v) is 12.5. The molecule has 0 spiro atoms. The van der Waals surface area contributed by atoms with E-state index in [-0.39, 0.29) is 17.8 Å². The van der Waals surface area contributed by atoms with E-state index in [9.17, 15) is 4.79 Å². The molecular weight excluding hydrogens is 470 g/mol. The van der Waals surface area contributed by atoms with Gasteiger partial charge in [-0.05, 0) is 26.0 Å². The molecule has 1 amide bonds. The number of aryl methyl sites for hydroxylation is 1. The minimum atomic E-state index is -0.354. The molecule has 0 saturated heterocycles. The fraction of sp³-hybridized carbons (Fsp3) is 0.250. The second-order valence-corrected chi connectivity index (χ2v) is 9.35. The lowest BCUT2D eigenvalue weighted by Crippen LogP contribution is -2.14. The first-order valence-electron chi connectivity index (χ1n) is 10.6. The summed E-state index contributed by atoms with van der Waals surface area (Å²) in [5.41, 5.74) is 3.06. The summed E-state index contributed by atoms with van der Waals surface area (Å²) in [6.45, 7) is 3.94. The molecule has 4 rings (SSSR count). The molecule has 0 radical (unpaired) electrons. The molecule has 176 valence electrons. The molecule has 2 heterocycles. The molecule has 0 bridgehead atoms. The highest BCUT2D eigenvalue weighted by Crippen LogP contribution is 2.31. The summed E-state index contributed by atoms with van der Waals surface area (Å²) in [5, 5.41) is 14.5. The van der Waals surface area contributed by atoms with Gasteiger partial charge in [0, 0.05) is 18.0 Å².